The Morgan fingerprint density at radius 2 is 1.77 bits per heavy atom. The van der Waals surface area contributed by atoms with Gasteiger partial charge in [-0.3, -0.25) is 15.0 Å². The van der Waals surface area contributed by atoms with E-state index in [1.165, 1.54) is 0 Å². The van der Waals surface area contributed by atoms with Crippen LogP contribution in [0.5, 0.6) is 0 Å². The van der Waals surface area contributed by atoms with Gasteiger partial charge >= 0.3 is 19.2 Å². The van der Waals surface area contributed by atoms with Crippen LogP contribution >= 0.6 is 0 Å². The lowest BCUT2D eigenvalue weighted by Crippen LogP contribution is -2.55. The van der Waals surface area contributed by atoms with Gasteiger partial charge in [0.05, 0.1) is 24.2 Å². The molecule has 2 saturated heterocycles. The van der Waals surface area contributed by atoms with Gasteiger partial charge in [0.25, 0.3) is 0 Å². The van der Waals surface area contributed by atoms with E-state index in [-0.39, 0.29) is 44.8 Å². The van der Waals surface area contributed by atoms with Crippen LogP contribution in [0.2, 0.25) is 6.32 Å². The fourth-order valence-corrected chi connectivity index (χ4v) is 4.19. The maximum absolute atomic E-state index is 12.3. The first kappa shape index (κ1) is 29.1. The molecule has 0 aromatic rings. The molecule has 2 fully saturated rings. The zero-order valence-electron chi connectivity index (χ0n) is 22.0. The van der Waals surface area contributed by atoms with Gasteiger partial charge in [-0.1, -0.05) is 6.42 Å². The molecule has 2 atom stereocenters. The van der Waals surface area contributed by atoms with Gasteiger partial charge < -0.3 is 35.1 Å². The van der Waals surface area contributed by atoms with Crippen LogP contribution in [0.15, 0.2) is 0 Å². The fourth-order valence-electron chi connectivity index (χ4n) is 4.19. The average molecular weight is 496 g/mol. The fraction of sp³-hybridized carbons (Fsp3) is 0.826. The van der Waals surface area contributed by atoms with Crippen LogP contribution in [0.1, 0.15) is 67.7 Å². The van der Waals surface area contributed by atoms with Gasteiger partial charge in [0.2, 0.25) is 0 Å². The minimum Gasteiger partial charge on any atom is -0.480 e. The molecule has 12 heteroatoms. The monoisotopic (exact) mass is 496 g/mol. The maximum atomic E-state index is 12.3. The number of likely N-dealkylation sites (tertiary alicyclic amines) is 1. The third-order valence-corrected chi connectivity index (χ3v) is 6.89. The number of ether oxygens (including phenoxy) is 1. The number of aliphatic carboxylic acids is 1. The third kappa shape index (κ3) is 7.41. The quantitative estimate of drug-likeness (QED) is 0.212. The number of nitrogens with one attached hydrogen (secondary N) is 2. The number of nitrogens with zero attached hydrogens (tertiary/aromatic N) is 1. The molecule has 11 nitrogen and oxygen atoms in total. The molecule has 0 aliphatic carbocycles. The first-order valence-electron chi connectivity index (χ1n) is 12.0. The highest BCUT2D eigenvalue weighted by atomic mass is 16.7. The highest BCUT2D eigenvalue weighted by molar-refractivity contribution is 6.45. The van der Waals surface area contributed by atoms with Crippen molar-refractivity contribution in [2.75, 3.05) is 19.6 Å². The molecule has 0 radical (unpaired) electrons. The van der Waals surface area contributed by atoms with E-state index in [9.17, 15) is 19.5 Å². The van der Waals surface area contributed by atoms with Crippen molar-refractivity contribution in [3.05, 3.63) is 0 Å². The van der Waals surface area contributed by atoms with Gasteiger partial charge in [0, 0.05) is 19.0 Å². The second kappa shape index (κ2) is 10.4. The Hall–Kier alpha value is -2.18. The number of nitrogens with two attached hydrogens (primary N) is 1. The summed E-state index contributed by atoms with van der Waals surface area (Å²) in [6, 6.07) is 0. The highest BCUT2D eigenvalue weighted by Gasteiger charge is 2.52. The largest absolute Gasteiger partial charge is 0.480 e. The van der Waals surface area contributed by atoms with E-state index in [2.05, 4.69) is 5.32 Å². The summed E-state index contributed by atoms with van der Waals surface area (Å²) in [6.45, 7) is 13.0. The zero-order chi connectivity index (χ0) is 26.8. The standard InChI is InChI=1S/C23H41BN4O7/c1-20(2,3)33-19(32)27-12-16(29)11-17(25)28-13-15(23(26,14-28)18(30)31)9-8-10-24-34-21(4,5)22(6,7)35-24/h15,25H,8-14,26H2,1-7H3,(H,27,32)(H,30,31)/t15-,23-/m0/s1. The number of hydrogen-bond acceptors (Lipinski definition) is 8. The molecule has 0 aromatic carbocycles. The van der Waals surface area contributed by atoms with Gasteiger partial charge in [-0.05, 0) is 61.2 Å². The summed E-state index contributed by atoms with van der Waals surface area (Å²) in [5.74, 6) is -1.95. The zero-order valence-corrected chi connectivity index (χ0v) is 22.0. The molecule has 0 saturated carbocycles. The molecule has 35 heavy (non-hydrogen) atoms. The molecule has 198 valence electrons. The van der Waals surface area contributed by atoms with Gasteiger partial charge in [-0.15, -0.1) is 0 Å². The normalized spacial score (nSPS) is 25.4. The van der Waals surface area contributed by atoms with E-state index < -0.39 is 40.3 Å². The predicted molar refractivity (Wildman–Crippen MR) is 131 cm³/mol. The second-order valence-corrected chi connectivity index (χ2v) is 11.6. The first-order valence-corrected chi connectivity index (χ1v) is 12.0. The van der Waals surface area contributed by atoms with Gasteiger partial charge in [-0.2, -0.15) is 0 Å². The molecule has 0 unspecified atom stereocenters. The molecule has 2 heterocycles. The van der Waals surface area contributed by atoms with Crippen LogP contribution in [0.4, 0.5) is 4.79 Å². The lowest BCUT2D eigenvalue weighted by Gasteiger charge is -2.32. The van der Waals surface area contributed by atoms with Gasteiger partial charge in [-0.25, -0.2) is 4.79 Å². The summed E-state index contributed by atoms with van der Waals surface area (Å²) in [6.07, 6.45) is 0.808. The average Bonchev–Trinajstić information content (AvgIpc) is 3.12. The Balaban J connectivity index is 1.88. The lowest BCUT2D eigenvalue weighted by molar-refractivity contribution is -0.144. The summed E-state index contributed by atoms with van der Waals surface area (Å²) in [5, 5.41) is 20.5. The van der Waals surface area contributed by atoms with Crippen LogP contribution < -0.4 is 11.1 Å². The van der Waals surface area contributed by atoms with Crippen LogP contribution in [0, 0.1) is 11.3 Å². The molecular formula is C23H41BN4O7. The van der Waals surface area contributed by atoms with Crippen molar-refractivity contribution in [1.82, 2.24) is 10.2 Å². The number of Topliss-reactive ketones (excluding diaryl/α,β-unsaturated/α-hetero) is 1. The van der Waals surface area contributed by atoms with E-state index in [4.69, 9.17) is 25.2 Å². The highest BCUT2D eigenvalue weighted by Crippen LogP contribution is 2.39. The second-order valence-electron chi connectivity index (χ2n) is 11.6. The Morgan fingerprint density at radius 3 is 2.29 bits per heavy atom. The number of rotatable bonds is 9. The van der Waals surface area contributed by atoms with Crippen LogP contribution in [0.3, 0.4) is 0 Å². The summed E-state index contributed by atoms with van der Waals surface area (Å²) in [5.41, 5.74) is 3.21. The van der Waals surface area contributed by atoms with E-state index in [0.717, 1.165) is 0 Å². The molecule has 2 aliphatic rings. The lowest BCUT2D eigenvalue weighted by atomic mass is 9.78. The van der Waals surface area contributed by atoms with Crippen molar-refractivity contribution in [1.29, 1.82) is 5.41 Å². The van der Waals surface area contributed by atoms with Crippen molar-refractivity contribution in [3.63, 3.8) is 0 Å². The summed E-state index contributed by atoms with van der Waals surface area (Å²) in [7, 11) is -0.372. The number of amidine groups is 1. The van der Waals surface area contributed by atoms with Crippen LogP contribution in [-0.4, -0.2) is 82.8 Å². The number of carbonyl (C=O) groups excluding carboxylic acids is 2. The molecule has 0 aromatic heterocycles. The molecule has 0 spiro atoms. The van der Waals surface area contributed by atoms with Crippen molar-refractivity contribution in [3.8, 4) is 0 Å². The molecule has 2 rings (SSSR count). The van der Waals surface area contributed by atoms with Crippen molar-refractivity contribution in [2.45, 2.75) is 96.4 Å². The summed E-state index contributed by atoms with van der Waals surface area (Å²) < 4.78 is 17.1. The van der Waals surface area contributed by atoms with Crippen LogP contribution in [0.25, 0.3) is 0 Å². The van der Waals surface area contributed by atoms with Gasteiger partial charge in [0.1, 0.15) is 17.0 Å². The number of carboxylic acid groups (broad SMARTS) is 1. The van der Waals surface area contributed by atoms with E-state index in [1.807, 2.05) is 27.7 Å². The van der Waals surface area contributed by atoms with Gasteiger partial charge in [0.15, 0.2) is 5.78 Å². The molecule has 2 aliphatic heterocycles. The van der Waals surface area contributed by atoms with Crippen LogP contribution in [-0.2, 0) is 23.6 Å². The SMILES string of the molecule is CC(C)(C)OC(=O)NCC(=O)CC(=N)N1C[C@H](CCCB2OC(C)(C)C(C)(C)O2)[C@](N)(C(=O)O)C1. The van der Waals surface area contributed by atoms with E-state index >= 15 is 0 Å². The molecule has 0 bridgehead atoms. The Morgan fingerprint density at radius 1 is 1.20 bits per heavy atom. The van der Waals surface area contributed by atoms with Crippen molar-refractivity contribution < 1.29 is 33.5 Å². The maximum Gasteiger partial charge on any atom is 0.457 e. The number of carbonyl (C=O) groups is 3. The topological polar surface area (TPSA) is 164 Å². The molecule has 1 amide bonds. The first-order chi connectivity index (χ1) is 15.9. The predicted octanol–water partition coefficient (Wildman–Crippen LogP) is 2.03. The minimum absolute atomic E-state index is 0.0227. The van der Waals surface area contributed by atoms with Crippen molar-refractivity contribution >= 4 is 30.8 Å². The number of carboxylic acids is 1. The smallest absolute Gasteiger partial charge is 0.457 e. The summed E-state index contributed by atoms with van der Waals surface area (Å²) >= 11 is 0. The van der Waals surface area contributed by atoms with Crippen molar-refractivity contribution in [2.24, 2.45) is 11.7 Å². The number of amides is 1. The Labute approximate surface area is 208 Å². The molecular weight excluding hydrogens is 455 g/mol. The Bertz CT molecular complexity index is 826. The molecule has 5 N–H and O–H groups in total. The van der Waals surface area contributed by atoms with E-state index in [1.54, 1.807) is 25.7 Å². The summed E-state index contributed by atoms with van der Waals surface area (Å²) in [4.78, 5) is 37.5. The Kier molecular flexibility index (Phi) is 8.67. The van der Waals surface area contributed by atoms with E-state index in [0.29, 0.717) is 19.2 Å². The number of alkyl carbamates (subject to hydrolysis) is 1. The number of ketones is 1. The number of hydrogen-bond donors (Lipinski definition) is 4. The minimum atomic E-state index is -1.53. The third-order valence-electron chi connectivity index (χ3n) is 6.89.